The Kier molecular flexibility index (Phi) is 2.86. The first kappa shape index (κ1) is 11.3. The summed E-state index contributed by atoms with van der Waals surface area (Å²) in [6, 6.07) is 6.52. The van der Waals surface area contributed by atoms with Gasteiger partial charge < -0.3 is 15.7 Å². The standard InChI is InChI=1S/C11H13N3O3/c1-14(11(16)17)9-6-12-7-4-2-3-5-8(7)13-10(9)15/h2-5,9,12H,6H2,1H3,(H,13,15)(H,16,17)/t9-/m0/s1. The molecule has 0 saturated carbocycles. The van der Waals surface area contributed by atoms with E-state index in [0.29, 0.717) is 5.69 Å². The van der Waals surface area contributed by atoms with Crippen molar-refractivity contribution in [3.05, 3.63) is 24.3 Å². The van der Waals surface area contributed by atoms with Gasteiger partial charge in [0.05, 0.1) is 11.4 Å². The van der Waals surface area contributed by atoms with Gasteiger partial charge in [0.1, 0.15) is 6.04 Å². The van der Waals surface area contributed by atoms with E-state index in [1.807, 2.05) is 18.2 Å². The number of nitrogens with zero attached hydrogens (tertiary/aromatic N) is 1. The summed E-state index contributed by atoms with van der Waals surface area (Å²) in [6.07, 6.45) is -1.13. The second-order valence-electron chi connectivity index (χ2n) is 3.83. The van der Waals surface area contributed by atoms with Crippen LogP contribution in [0.3, 0.4) is 0 Å². The number of hydrogen-bond acceptors (Lipinski definition) is 3. The van der Waals surface area contributed by atoms with Gasteiger partial charge in [-0.15, -0.1) is 0 Å². The summed E-state index contributed by atoms with van der Waals surface area (Å²) in [7, 11) is 1.38. The van der Waals surface area contributed by atoms with E-state index in [9.17, 15) is 9.59 Å². The molecule has 1 aliphatic heterocycles. The van der Waals surface area contributed by atoms with E-state index in [1.165, 1.54) is 7.05 Å². The highest BCUT2D eigenvalue weighted by molar-refractivity contribution is 6.00. The second-order valence-corrected chi connectivity index (χ2v) is 3.83. The van der Waals surface area contributed by atoms with Gasteiger partial charge in [-0.3, -0.25) is 9.69 Å². The largest absolute Gasteiger partial charge is 0.465 e. The molecule has 6 heteroatoms. The molecule has 1 atom stereocenters. The molecule has 0 aromatic heterocycles. The Morgan fingerprint density at radius 2 is 2.06 bits per heavy atom. The van der Waals surface area contributed by atoms with Crippen LogP contribution in [-0.2, 0) is 4.79 Å². The molecule has 2 amide bonds. The van der Waals surface area contributed by atoms with Crippen LogP contribution in [0.15, 0.2) is 24.3 Å². The third-order valence-corrected chi connectivity index (χ3v) is 2.74. The fraction of sp³-hybridized carbons (Fsp3) is 0.273. The van der Waals surface area contributed by atoms with Gasteiger partial charge in [0.25, 0.3) is 0 Å². The predicted octanol–water partition coefficient (Wildman–Crippen LogP) is 1.03. The van der Waals surface area contributed by atoms with Crippen LogP contribution in [0, 0.1) is 0 Å². The zero-order valence-corrected chi connectivity index (χ0v) is 9.30. The van der Waals surface area contributed by atoms with Gasteiger partial charge in [-0.25, -0.2) is 4.79 Å². The van der Waals surface area contributed by atoms with Crippen LogP contribution in [0.25, 0.3) is 0 Å². The van der Waals surface area contributed by atoms with Crippen molar-refractivity contribution in [3.63, 3.8) is 0 Å². The molecule has 17 heavy (non-hydrogen) atoms. The highest BCUT2D eigenvalue weighted by Crippen LogP contribution is 2.24. The number of carbonyl (C=O) groups excluding carboxylic acids is 1. The molecule has 0 spiro atoms. The number of likely N-dealkylation sites (N-methyl/N-ethyl adjacent to an activating group) is 1. The van der Waals surface area contributed by atoms with Gasteiger partial charge in [-0.2, -0.15) is 0 Å². The lowest BCUT2D eigenvalue weighted by atomic mass is 10.2. The molecule has 2 rings (SSSR count). The van der Waals surface area contributed by atoms with Crippen molar-refractivity contribution in [2.45, 2.75) is 6.04 Å². The van der Waals surface area contributed by atoms with Crippen molar-refractivity contribution in [2.24, 2.45) is 0 Å². The molecule has 0 radical (unpaired) electrons. The molecule has 0 aliphatic carbocycles. The first-order valence-corrected chi connectivity index (χ1v) is 5.19. The summed E-state index contributed by atoms with van der Waals surface area (Å²) in [5.41, 5.74) is 1.46. The lowest BCUT2D eigenvalue weighted by Crippen LogP contribution is -2.47. The summed E-state index contributed by atoms with van der Waals surface area (Å²) in [4.78, 5) is 23.7. The van der Waals surface area contributed by atoms with Crippen molar-refractivity contribution < 1.29 is 14.7 Å². The average Bonchev–Trinajstić information content (AvgIpc) is 2.46. The van der Waals surface area contributed by atoms with Gasteiger partial charge in [-0.1, -0.05) is 12.1 Å². The molecule has 0 unspecified atom stereocenters. The highest BCUT2D eigenvalue weighted by Gasteiger charge is 2.29. The Balaban J connectivity index is 2.23. The summed E-state index contributed by atoms with van der Waals surface area (Å²) in [6.45, 7) is 0.256. The summed E-state index contributed by atoms with van der Waals surface area (Å²) in [5, 5.41) is 14.6. The molecule has 90 valence electrons. The summed E-state index contributed by atoms with van der Waals surface area (Å²) < 4.78 is 0. The quantitative estimate of drug-likeness (QED) is 0.679. The first-order valence-electron chi connectivity index (χ1n) is 5.19. The van der Waals surface area contributed by atoms with E-state index in [1.54, 1.807) is 6.07 Å². The number of para-hydroxylation sites is 2. The Bertz CT molecular complexity index is 461. The molecule has 0 saturated heterocycles. The van der Waals surface area contributed by atoms with Gasteiger partial charge in [-0.05, 0) is 12.1 Å². The monoisotopic (exact) mass is 235 g/mol. The van der Waals surface area contributed by atoms with Gasteiger partial charge in [0, 0.05) is 13.6 Å². The van der Waals surface area contributed by atoms with E-state index >= 15 is 0 Å². The minimum Gasteiger partial charge on any atom is -0.465 e. The fourth-order valence-electron chi connectivity index (χ4n) is 1.71. The summed E-state index contributed by atoms with van der Waals surface area (Å²) in [5.74, 6) is -0.327. The van der Waals surface area contributed by atoms with Crippen molar-refractivity contribution in [1.82, 2.24) is 4.90 Å². The number of anilines is 2. The normalized spacial score (nSPS) is 18.4. The van der Waals surface area contributed by atoms with E-state index in [4.69, 9.17) is 5.11 Å². The highest BCUT2D eigenvalue weighted by atomic mass is 16.4. The molecule has 1 aromatic rings. The third-order valence-electron chi connectivity index (χ3n) is 2.74. The van der Waals surface area contributed by atoms with Crippen LogP contribution in [0.1, 0.15) is 0 Å². The second kappa shape index (κ2) is 4.32. The number of amides is 2. The zero-order valence-electron chi connectivity index (χ0n) is 9.30. The Labute approximate surface area is 98.2 Å². The van der Waals surface area contributed by atoms with Crippen LogP contribution >= 0.6 is 0 Å². The van der Waals surface area contributed by atoms with Crippen molar-refractivity contribution in [2.75, 3.05) is 24.2 Å². The maximum atomic E-state index is 11.9. The number of rotatable bonds is 1. The Hall–Kier alpha value is -2.24. The van der Waals surface area contributed by atoms with Crippen LogP contribution in [0.2, 0.25) is 0 Å². The van der Waals surface area contributed by atoms with Gasteiger partial charge >= 0.3 is 6.09 Å². The molecule has 1 aromatic carbocycles. The number of benzene rings is 1. The zero-order chi connectivity index (χ0) is 12.4. The third kappa shape index (κ3) is 2.15. The number of carbonyl (C=O) groups is 2. The number of fused-ring (bicyclic) bond motifs is 1. The van der Waals surface area contributed by atoms with Crippen LogP contribution in [-0.4, -0.2) is 41.6 Å². The average molecular weight is 235 g/mol. The minimum absolute atomic E-state index is 0.256. The minimum atomic E-state index is -1.13. The fourth-order valence-corrected chi connectivity index (χ4v) is 1.71. The van der Waals surface area contributed by atoms with Crippen LogP contribution < -0.4 is 10.6 Å². The molecular weight excluding hydrogens is 222 g/mol. The first-order chi connectivity index (χ1) is 8.09. The van der Waals surface area contributed by atoms with E-state index in [-0.39, 0.29) is 12.5 Å². The van der Waals surface area contributed by atoms with Crippen molar-refractivity contribution >= 4 is 23.4 Å². The maximum absolute atomic E-state index is 11.9. The molecule has 0 fully saturated rings. The SMILES string of the molecule is CN(C(=O)O)[C@H]1CNc2ccccc2NC1=O. The van der Waals surface area contributed by atoms with Crippen LogP contribution in [0.4, 0.5) is 16.2 Å². The topological polar surface area (TPSA) is 81.7 Å². The van der Waals surface area contributed by atoms with Gasteiger partial charge in [0.2, 0.25) is 5.91 Å². The molecule has 3 N–H and O–H groups in total. The maximum Gasteiger partial charge on any atom is 0.407 e. The number of hydrogen-bond donors (Lipinski definition) is 3. The lowest BCUT2D eigenvalue weighted by molar-refractivity contribution is -0.119. The molecule has 0 bridgehead atoms. The molecule has 6 nitrogen and oxygen atoms in total. The Morgan fingerprint density at radius 3 is 2.71 bits per heavy atom. The van der Waals surface area contributed by atoms with Gasteiger partial charge in [0.15, 0.2) is 0 Å². The van der Waals surface area contributed by atoms with E-state index in [2.05, 4.69) is 10.6 Å². The lowest BCUT2D eigenvalue weighted by Gasteiger charge is -2.22. The number of carboxylic acid groups (broad SMARTS) is 1. The van der Waals surface area contributed by atoms with E-state index in [0.717, 1.165) is 10.6 Å². The summed E-state index contributed by atoms with van der Waals surface area (Å²) >= 11 is 0. The van der Waals surface area contributed by atoms with E-state index < -0.39 is 12.1 Å². The number of nitrogens with one attached hydrogen (secondary N) is 2. The smallest absolute Gasteiger partial charge is 0.407 e. The van der Waals surface area contributed by atoms with Crippen molar-refractivity contribution in [1.29, 1.82) is 0 Å². The Morgan fingerprint density at radius 1 is 1.41 bits per heavy atom. The van der Waals surface area contributed by atoms with Crippen LogP contribution in [0.5, 0.6) is 0 Å². The predicted molar refractivity (Wildman–Crippen MR) is 63.1 cm³/mol. The van der Waals surface area contributed by atoms with Crippen molar-refractivity contribution in [3.8, 4) is 0 Å². The molecule has 1 aliphatic rings. The molecular formula is C11H13N3O3. The molecule has 1 heterocycles.